The SMILES string of the molecule is CCn1nccc1-c1nc(C2CCN(C(=O)OC(C)(C)C)CC2)no1. The average molecular weight is 347 g/mol. The second-order valence-electron chi connectivity index (χ2n) is 7.23. The molecule has 0 aromatic carbocycles. The molecule has 1 fully saturated rings. The molecule has 8 nitrogen and oxygen atoms in total. The summed E-state index contributed by atoms with van der Waals surface area (Å²) < 4.78 is 12.7. The Balaban J connectivity index is 1.61. The zero-order valence-corrected chi connectivity index (χ0v) is 15.2. The number of aryl methyl sites for hydroxylation is 1. The third-order valence-electron chi connectivity index (χ3n) is 4.19. The summed E-state index contributed by atoms with van der Waals surface area (Å²) in [6, 6.07) is 1.87. The van der Waals surface area contributed by atoms with Crippen molar-refractivity contribution in [1.82, 2.24) is 24.8 Å². The van der Waals surface area contributed by atoms with Gasteiger partial charge in [-0.05, 0) is 46.6 Å². The highest BCUT2D eigenvalue weighted by Crippen LogP contribution is 2.28. The highest BCUT2D eigenvalue weighted by Gasteiger charge is 2.30. The van der Waals surface area contributed by atoms with E-state index < -0.39 is 5.60 Å². The summed E-state index contributed by atoms with van der Waals surface area (Å²) in [4.78, 5) is 18.4. The van der Waals surface area contributed by atoms with Crippen LogP contribution < -0.4 is 0 Å². The minimum Gasteiger partial charge on any atom is -0.444 e. The van der Waals surface area contributed by atoms with Crippen LogP contribution in [0.4, 0.5) is 4.79 Å². The molecule has 0 aliphatic carbocycles. The minimum atomic E-state index is -0.473. The number of hydrogen-bond donors (Lipinski definition) is 0. The predicted molar refractivity (Wildman–Crippen MR) is 91.0 cm³/mol. The van der Waals surface area contributed by atoms with Gasteiger partial charge in [-0.25, -0.2) is 4.79 Å². The number of nitrogens with zero attached hydrogens (tertiary/aromatic N) is 5. The molecule has 0 saturated carbocycles. The first kappa shape index (κ1) is 17.4. The molecule has 3 heterocycles. The largest absolute Gasteiger partial charge is 0.444 e. The van der Waals surface area contributed by atoms with Gasteiger partial charge in [-0.3, -0.25) is 4.68 Å². The summed E-state index contributed by atoms with van der Waals surface area (Å²) in [7, 11) is 0. The van der Waals surface area contributed by atoms with Crippen molar-refractivity contribution in [3.63, 3.8) is 0 Å². The van der Waals surface area contributed by atoms with E-state index in [2.05, 4.69) is 15.2 Å². The lowest BCUT2D eigenvalue weighted by molar-refractivity contribution is 0.0203. The zero-order valence-electron chi connectivity index (χ0n) is 15.2. The maximum atomic E-state index is 12.1. The maximum absolute atomic E-state index is 12.1. The van der Waals surface area contributed by atoms with Gasteiger partial charge in [-0.2, -0.15) is 10.1 Å². The van der Waals surface area contributed by atoms with Gasteiger partial charge >= 0.3 is 6.09 Å². The number of ether oxygens (including phenoxy) is 1. The molecule has 25 heavy (non-hydrogen) atoms. The molecule has 2 aromatic rings. The summed E-state index contributed by atoms with van der Waals surface area (Å²) in [6.45, 7) is 9.65. The Morgan fingerprint density at radius 2 is 2.08 bits per heavy atom. The molecule has 3 rings (SSSR count). The van der Waals surface area contributed by atoms with Crippen LogP contribution in [-0.2, 0) is 11.3 Å². The molecule has 0 unspecified atom stereocenters. The number of aromatic nitrogens is 4. The fraction of sp³-hybridized carbons (Fsp3) is 0.647. The zero-order chi connectivity index (χ0) is 18.0. The van der Waals surface area contributed by atoms with Gasteiger partial charge in [0.1, 0.15) is 11.3 Å². The van der Waals surface area contributed by atoms with E-state index in [-0.39, 0.29) is 12.0 Å². The summed E-state index contributed by atoms with van der Waals surface area (Å²) in [5, 5.41) is 8.36. The highest BCUT2D eigenvalue weighted by molar-refractivity contribution is 5.68. The Hall–Kier alpha value is -2.38. The van der Waals surface area contributed by atoms with E-state index in [0.717, 1.165) is 25.1 Å². The summed E-state index contributed by atoms with van der Waals surface area (Å²) in [6.07, 6.45) is 3.06. The molecular formula is C17H25N5O3. The number of hydrogen-bond acceptors (Lipinski definition) is 6. The van der Waals surface area contributed by atoms with Crippen molar-refractivity contribution in [2.45, 2.75) is 58.6 Å². The molecule has 136 valence electrons. The van der Waals surface area contributed by atoms with Gasteiger partial charge in [0, 0.05) is 31.7 Å². The number of piperidine rings is 1. The van der Waals surface area contributed by atoms with Gasteiger partial charge in [0.2, 0.25) is 0 Å². The fourth-order valence-corrected chi connectivity index (χ4v) is 2.92. The molecule has 0 spiro atoms. The van der Waals surface area contributed by atoms with Crippen molar-refractivity contribution >= 4 is 6.09 Å². The Labute approximate surface area is 147 Å². The quantitative estimate of drug-likeness (QED) is 0.848. The van der Waals surface area contributed by atoms with Crippen LogP contribution in [0.2, 0.25) is 0 Å². The molecule has 2 aromatic heterocycles. The molecule has 1 aliphatic heterocycles. The van der Waals surface area contributed by atoms with E-state index in [9.17, 15) is 4.79 Å². The van der Waals surface area contributed by atoms with Crippen LogP contribution >= 0.6 is 0 Å². The Morgan fingerprint density at radius 1 is 1.36 bits per heavy atom. The maximum Gasteiger partial charge on any atom is 0.410 e. The van der Waals surface area contributed by atoms with E-state index in [1.807, 2.05) is 38.4 Å². The number of carbonyl (C=O) groups is 1. The lowest BCUT2D eigenvalue weighted by atomic mass is 9.96. The first-order valence-corrected chi connectivity index (χ1v) is 8.71. The first-order chi connectivity index (χ1) is 11.9. The highest BCUT2D eigenvalue weighted by atomic mass is 16.6. The molecule has 1 aliphatic rings. The smallest absolute Gasteiger partial charge is 0.410 e. The second kappa shape index (κ2) is 6.85. The molecule has 0 bridgehead atoms. The van der Waals surface area contributed by atoms with Crippen LogP contribution in [0.5, 0.6) is 0 Å². The molecule has 8 heteroatoms. The number of amides is 1. The van der Waals surface area contributed by atoms with E-state index >= 15 is 0 Å². The van der Waals surface area contributed by atoms with E-state index in [1.165, 1.54) is 0 Å². The van der Waals surface area contributed by atoms with Gasteiger partial charge < -0.3 is 14.2 Å². The number of likely N-dealkylation sites (tertiary alicyclic amines) is 1. The average Bonchev–Trinajstić information content (AvgIpc) is 3.22. The van der Waals surface area contributed by atoms with Gasteiger partial charge in [0.25, 0.3) is 5.89 Å². The molecule has 0 N–H and O–H groups in total. The van der Waals surface area contributed by atoms with Gasteiger partial charge in [-0.1, -0.05) is 5.16 Å². The normalized spacial score (nSPS) is 16.2. The van der Waals surface area contributed by atoms with Crippen LogP contribution in [0.25, 0.3) is 11.6 Å². The third-order valence-corrected chi connectivity index (χ3v) is 4.19. The molecular weight excluding hydrogens is 322 g/mol. The Morgan fingerprint density at radius 3 is 2.72 bits per heavy atom. The van der Waals surface area contributed by atoms with Crippen molar-refractivity contribution in [3.05, 3.63) is 18.1 Å². The molecule has 1 saturated heterocycles. The van der Waals surface area contributed by atoms with Crippen molar-refractivity contribution < 1.29 is 14.1 Å². The van der Waals surface area contributed by atoms with Crippen LogP contribution in [0.1, 0.15) is 52.3 Å². The Bertz CT molecular complexity index is 723. The standard InChI is InChI=1S/C17H25N5O3/c1-5-22-13(6-9-18-22)15-19-14(20-25-15)12-7-10-21(11-8-12)16(23)24-17(2,3)4/h6,9,12H,5,7-8,10-11H2,1-4H3. The third kappa shape index (κ3) is 4.00. The molecule has 0 atom stereocenters. The van der Waals surface area contributed by atoms with Gasteiger partial charge in [-0.15, -0.1) is 0 Å². The molecule has 1 amide bonds. The summed E-state index contributed by atoms with van der Waals surface area (Å²) >= 11 is 0. The fourth-order valence-electron chi connectivity index (χ4n) is 2.92. The number of rotatable bonds is 3. The van der Waals surface area contributed by atoms with Crippen LogP contribution in [0.3, 0.4) is 0 Å². The van der Waals surface area contributed by atoms with Crippen molar-refractivity contribution in [3.8, 4) is 11.6 Å². The van der Waals surface area contributed by atoms with Crippen molar-refractivity contribution in [1.29, 1.82) is 0 Å². The predicted octanol–water partition coefficient (Wildman–Crippen LogP) is 3.07. The van der Waals surface area contributed by atoms with Gasteiger partial charge in [0.05, 0.1) is 0 Å². The lowest BCUT2D eigenvalue weighted by Gasteiger charge is -2.32. The minimum absolute atomic E-state index is 0.189. The summed E-state index contributed by atoms with van der Waals surface area (Å²) in [5.41, 5.74) is 0.353. The van der Waals surface area contributed by atoms with Crippen molar-refractivity contribution in [2.75, 3.05) is 13.1 Å². The van der Waals surface area contributed by atoms with E-state index in [0.29, 0.717) is 24.8 Å². The van der Waals surface area contributed by atoms with Crippen LogP contribution in [-0.4, -0.2) is 49.6 Å². The lowest BCUT2D eigenvalue weighted by Crippen LogP contribution is -2.41. The monoisotopic (exact) mass is 347 g/mol. The van der Waals surface area contributed by atoms with E-state index in [1.54, 1.807) is 11.1 Å². The topological polar surface area (TPSA) is 86.3 Å². The van der Waals surface area contributed by atoms with Crippen LogP contribution in [0, 0.1) is 0 Å². The first-order valence-electron chi connectivity index (χ1n) is 8.71. The van der Waals surface area contributed by atoms with Gasteiger partial charge in [0.15, 0.2) is 5.82 Å². The second-order valence-corrected chi connectivity index (χ2v) is 7.23. The van der Waals surface area contributed by atoms with E-state index in [4.69, 9.17) is 9.26 Å². The molecule has 0 radical (unpaired) electrons. The van der Waals surface area contributed by atoms with Crippen LogP contribution in [0.15, 0.2) is 16.8 Å². The number of carbonyl (C=O) groups excluding carboxylic acids is 1. The van der Waals surface area contributed by atoms with Crippen molar-refractivity contribution in [2.24, 2.45) is 0 Å². The summed E-state index contributed by atoms with van der Waals surface area (Å²) in [5.74, 6) is 1.38. The Kier molecular flexibility index (Phi) is 4.78.